The second-order valence-electron chi connectivity index (χ2n) is 7.63. The van der Waals surface area contributed by atoms with Crippen LogP contribution in [-0.4, -0.2) is 36.0 Å². The Hall–Kier alpha value is -2.42. The summed E-state index contributed by atoms with van der Waals surface area (Å²) in [6, 6.07) is 3.98. The highest BCUT2D eigenvalue weighted by atomic mass is 35.5. The van der Waals surface area contributed by atoms with Crippen LogP contribution in [0.25, 0.3) is 0 Å². The number of nitrogens with one attached hydrogen (secondary N) is 3. The molecule has 5 rings (SSSR count). The van der Waals surface area contributed by atoms with Gasteiger partial charge in [-0.25, -0.2) is 4.39 Å². The van der Waals surface area contributed by atoms with Gasteiger partial charge in [-0.1, -0.05) is 11.6 Å². The number of benzene rings is 1. The van der Waals surface area contributed by atoms with Crippen LogP contribution < -0.4 is 20.4 Å². The molecule has 2 bridgehead atoms. The van der Waals surface area contributed by atoms with Gasteiger partial charge >= 0.3 is 0 Å². The maximum Gasteiger partial charge on any atom is 0.258 e. The molecular formula is C19H19ClFN3O4. The highest BCUT2D eigenvalue weighted by Crippen LogP contribution is 2.60. The lowest BCUT2D eigenvalue weighted by Crippen LogP contribution is -3.02. The van der Waals surface area contributed by atoms with Gasteiger partial charge in [0.05, 0.1) is 10.6 Å². The van der Waals surface area contributed by atoms with Gasteiger partial charge < -0.3 is 25.6 Å². The Morgan fingerprint density at radius 1 is 1.25 bits per heavy atom. The van der Waals surface area contributed by atoms with Crippen molar-refractivity contribution in [3.63, 3.8) is 0 Å². The Bertz CT molecular complexity index is 881. The van der Waals surface area contributed by atoms with Gasteiger partial charge in [0, 0.05) is 17.1 Å². The summed E-state index contributed by atoms with van der Waals surface area (Å²) in [7, 11) is 0. The zero-order valence-electron chi connectivity index (χ0n) is 14.9. The molecule has 1 unspecified atom stereocenters. The molecule has 1 heterocycles. The summed E-state index contributed by atoms with van der Waals surface area (Å²) in [6.45, 7) is 0.0871. The predicted octanol–water partition coefficient (Wildman–Crippen LogP) is 0.602. The molecule has 1 atom stereocenters. The van der Waals surface area contributed by atoms with E-state index in [1.54, 1.807) is 12.2 Å². The predicted molar refractivity (Wildman–Crippen MR) is 98.9 cm³/mol. The van der Waals surface area contributed by atoms with Gasteiger partial charge in [-0.2, -0.15) is 0 Å². The minimum absolute atomic E-state index is 0.0122. The van der Waals surface area contributed by atoms with Gasteiger partial charge in [0.1, 0.15) is 24.3 Å². The van der Waals surface area contributed by atoms with Gasteiger partial charge in [-0.15, -0.1) is 0 Å². The number of rotatable bonds is 6. The molecule has 28 heavy (non-hydrogen) atoms. The van der Waals surface area contributed by atoms with E-state index >= 15 is 0 Å². The molecule has 0 radical (unpaired) electrons. The summed E-state index contributed by atoms with van der Waals surface area (Å²) in [5.41, 5.74) is -0.284. The van der Waals surface area contributed by atoms with Crippen molar-refractivity contribution in [1.29, 1.82) is 0 Å². The number of hydroxylamine groups is 2. The lowest BCUT2D eigenvalue weighted by molar-refractivity contribution is -0.785. The van der Waals surface area contributed by atoms with E-state index in [2.05, 4.69) is 10.6 Å². The van der Waals surface area contributed by atoms with E-state index in [9.17, 15) is 19.2 Å². The molecule has 3 aliphatic carbocycles. The second kappa shape index (κ2) is 6.88. The zero-order valence-corrected chi connectivity index (χ0v) is 15.6. The smallest absolute Gasteiger partial charge is 0.258 e. The first-order valence-electron chi connectivity index (χ1n) is 8.91. The van der Waals surface area contributed by atoms with Crippen molar-refractivity contribution in [1.82, 2.24) is 10.6 Å². The Kier molecular flexibility index (Phi) is 4.65. The number of hydrogen-bond acceptors (Lipinski definition) is 4. The molecule has 2 amide bonds. The molecule has 1 aromatic carbocycles. The molecule has 9 heteroatoms. The monoisotopic (exact) mass is 407 g/mol. The molecule has 0 aromatic heterocycles. The number of amides is 2. The molecular weight excluding hydrogens is 389 g/mol. The van der Waals surface area contributed by atoms with Crippen molar-refractivity contribution in [2.75, 3.05) is 13.2 Å². The van der Waals surface area contributed by atoms with Crippen molar-refractivity contribution in [2.24, 2.45) is 0 Å². The lowest BCUT2D eigenvalue weighted by Gasteiger charge is -2.70. The van der Waals surface area contributed by atoms with E-state index in [0.717, 1.165) is 6.07 Å². The Morgan fingerprint density at radius 3 is 2.64 bits per heavy atom. The molecule has 0 spiro atoms. The number of carbonyl (C=O) groups excluding carboxylic acids is 2. The molecule has 148 valence electrons. The van der Waals surface area contributed by atoms with Crippen LogP contribution in [0.3, 0.4) is 0 Å². The van der Waals surface area contributed by atoms with Crippen LogP contribution in [0.4, 0.5) is 4.39 Å². The number of halogens is 2. The summed E-state index contributed by atoms with van der Waals surface area (Å²) in [4.78, 5) is 24.4. The molecule has 1 aliphatic heterocycles. The average molecular weight is 408 g/mol. The summed E-state index contributed by atoms with van der Waals surface area (Å²) in [5, 5.41) is 17.2. The molecule has 7 nitrogen and oxygen atoms in total. The van der Waals surface area contributed by atoms with Gasteiger partial charge in [-0.3, -0.25) is 9.59 Å². The number of quaternary nitrogens is 1. The molecule has 3 saturated carbocycles. The van der Waals surface area contributed by atoms with E-state index in [1.165, 1.54) is 18.3 Å². The summed E-state index contributed by atoms with van der Waals surface area (Å²) in [5.74, 6) is -0.960. The van der Waals surface area contributed by atoms with Crippen molar-refractivity contribution in [3.8, 4) is 5.75 Å². The van der Waals surface area contributed by atoms with Crippen LogP contribution in [0.2, 0.25) is 5.02 Å². The Balaban J connectivity index is 1.23. The maximum atomic E-state index is 13.4. The van der Waals surface area contributed by atoms with E-state index in [0.29, 0.717) is 31.4 Å². The van der Waals surface area contributed by atoms with E-state index in [4.69, 9.17) is 16.3 Å². The largest absolute Gasteiger partial charge is 0.629 e. The Labute approximate surface area is 165 Å². The second-order valence-corrected chi connectivity index (χ2v) is 8.04. The fourth-order valence-corrected chi connectivity index (χ4v) is 4.25. The average Bonchev–Trinajstić information content (AvgIpc) is 2.59. The third-order valence-corrected chi connectivity index (χ3v) is 5.58. The Morgan fingerprint density at radius 2 is 1.96 bits per heavy atom. The fourth-order valence-electron chi connectivity index (χ4n) is 4.14. The first kappa shape index (κ1) is 18.9. The van der Waals surface area contributed by atoms with Crippen LogP contribution in [0.15, 0.2) is 42.1 Å². The molecule has 0 saturated heterocycles. The van der Waals surface area contributed by atoms with Gasteiger partial charge in [0.25, 0.3) is 11.8 Å². The zero-order chi connectivity index (χ0) is 19.9. The van der Waals surface area contributed by atoms with Crippen LogP contribution in [-0.2, 0) is 9.59 Å². The lowest BCUT2D eigenvalue weighted by atomic mass is 9.44. The fraction of sp³-hybridized carbons (Fsp3) is 0.368. The van der Waals surface area contributed by atoms with E-state index in [-0.39, 0.29) is 45.3 Å². The number of ether oxygens (including phenoxy) is 1. The van der Waals surface area contributed by atoms with Gasteiger partial charge in [0.2, 0.25) is 0 Å². The molecule has 3 fully saturated rings. The first-order chi connectivity index (χ1) is 13.3. The topological polar surface area (TPSA) is 94.9 Å². The van der Waals surface area contributed by atoms with Crippen LogP contribution in [0.1, 0.15) is 19.3 Å². The standard InChI is InChI=1S/C19H19ClFN3O4/c20-14-4-3-13(6-15(14)21)28-8-16(25)22-18-9-19(10-18,11-18)23-17(26)12-2-1-5-24(27)7-12/h1-4,6-7,24H,5,8-11H2,(H,22,25)(H,23,26). The maximum absolute atomic E-state index is 13.4. The van der Waals surface area contributed by atoms with Crippen molar-refractivity contribution in [2.45, 2.75) is 30.3 Å². The van der Waals surface area contributed by atoms with Crippen molar-refractivity contribution >= 4 is 23.4 Å². The molecule has 3 N–H and O–H groups in total. The first-order valence-corrected chi connectivity index (χ1v) is 9.29. The summed E-state index contributed by atoms with van der Waals surface area (Å²) in [6.07, 6.45) is 6.59. The quantitative estimate of drug-likeness (QED) is 0.602. The van der Waals surface area contributed by atoms with Crippen molar-refractivity contribution in [3.05, 3.63) is 58.2 Å². The third kappa shape index (κ3) is 3.63. The van der Waals surface area contributed by atoms with E-state index in [1.807, 2.05) is 0 Å². The summed E-state index contributed by atoms with van der Waals surface area (Å²) >= 11 is 5.60. The van der Waals surface area contributed by atoms with E-state index < -0.39 is 5.82 Å². The van der Waals surface area contributed by atoms with Crippen LogP contribution >= 0.6 is 11.6 Å². The highest BCUT2D eigenvalue weighted by molar-refractivity contribution is 6.30. The minimum atomic E-state index is -0.610. The number of carbonyl (C=O) groups is 2. The SMILES string of the molecule is O=C(COc1ccc(Cl)c(F)c1)NC12CC(NC(=O)C3=C[NH+]([O-])CC=C3)(C1)C2. The molecule has 1 aromatic rings. The minimum Gasteiger partial charge on any atom is -0.629 e. The van der Waals surface area contributed by atoms with Gasteiger partial charge in [0.15, 0.2) is 6.61 Å². The molecule has 4 aliphatic rings. The number of hydrogen-bond donors (Lipinski definition) is 3. The van der Waals surface area contributed by atoms with Crippen LogP contribution in [0.5, 0.6) is 5.75 Å². The highest BCUT2D eigenvalue weighted by Gasteiger charge is 2.69. The normalized spacial score (nSPS) is 29.8. The van der Waals surface area contributed by atoms with Gasteiger partial charge in [-0.05, 0) is 43.5 Å². The third-order valence-electron chi connectivity index (χ3n) is 5.27. The van der Waals surface area contributed by atoms with Crippen LogP contribution in [0, 0.1) is 11.0 Å². The van der Waals surface area contributed by atoms with Crippen molar-refractivity contribution < 1.29 is 23.8 Å². The summed E-state index contributed by atoms with van der Waals surface area (Å²) < 4.78 is 18.7.